The topological polar surface area (TPSA) is 95.7 Å². The summed E-state index contributed by atoms with van der Waals surface area (Å²) in [4.78, 5) is 22.8. The van der Waals surface area contributed by atoms with E-state index < -0.39 is 22.7 Å². The van der Waals surface area contributed by atoms with Gasteiger partial charge >= 0.3 is 11.9 Å². The summed E-state index contributed by atoms with van der Waals surface area (Å²) in [5.74, 6) is -1.55. The van der Waals surface area contributed by atoms with E-state index in [9.17, 15) is 13.8 Å². The second kappa shape index (κ2) is 4.61. The molecule has 0 spiro atoms. The second-order valence-corrected chi connectivity index (χ2v) is 4.76. The largest absolute Gasteiger partial charge is 0.419 e. The van der Waals surface area contributed by atoms with E-state index in [1.54, 1.807) is 0 Å². The number of fused-ring (bicyclic) bond motifs is 1. The first kappa shape index (κ1) is 12.3. The van der Waals surface area contributed by atoms with Crippen LogP contribution in [0.1, 0.15) is 0 Å². The molecule has 7 heteroatoms. The number of rotatable bonds is 1. The van der Waals surface area contributed by atoms with Crippen LogP contribution in [0.15, 0.2) is 29.2 Å². The summed E-state index contributed by atoms with van der Waals surface area (Å²) in [7, 11) is -1.49. The summed E-state index contributed by atoms with van der Waals surface area (Å²) >= 11 is 0. The molecule has 0 saturated carbocycles. The van der Waals surface area contributed by atoms with Crippen molar-refractivity contribution in [3.8, 4) is 11.5 Å². The summed E-state index contributed by atoms with van der Waals surface area (Å²) in [6.07, 6.45) is 3.26. The third-order valence-corrected chi connectivity index (χ3v) is 3.16. The molecule has 0 aromatic heterocycles. The molecule has 0 radical (unpaired) electrons. The lowest BCUT2D eigenvalue weighted by atomic mass is 10.2. The number of esters is 2. The molecular formula is C11H9NO5S. The molecule has 0 saturated heterocycles. The molecule has 0 aliphatic carbocycles. The van der Waals surface area contributed by atoms with Crippen molar-refractivity contribution in [2.24, 2.45) is 0 Å². The van der Waals surface area contributed by atoms with Gasteiger partial charge in [-0.1, -0.05) is 0 Å². The lowest BCUT2D eigenvalue weighted by Gasteiger charge is -2.15. The first-order valence-electron chi connectivity index (χ1n) is 4.86. The standard InChI is InChI=1S/C11H9NO5S/c1-18(15)11-6(12)2-3-7-10(11)17-9(14)5-4-8(13)16-7/h2-5H,12H2,1H3/b5-4+. The van der Waals surface area contributed by atoms with Gasteiger partial charge in [0.2, 0.25) is 0 Å². The molecule has 1 aromatic rings. The van der Waals surface area contributed by atoms with Crippen LogP contribution >= 0.6 is 0 Å². The van der Waals surface area contributed by atoms with E-state index in [-0.39, 0.29) is 22.1 Å². The van der Waals surface area contributed by atoms with Gasteiger partial charge in [0.05, 0.1) is 16.5 Å². The number of carbonyl (C=O) groups is 2. The van der Waals surface area contributed by atoms with Crippen molar-refractivity contribution < 1.29 is 23.3 Å². The number of hydrogen-bond acceptors (Lipinski definition) is 6. The van der Waals surface area contributed by atoms with E-state index >= 15 is 0 Å². The van der Waals surface area contributed by atoms with Crippen molar-refractivity contribution in [3.63, 3.8) is 0 Å². The molecule has 1 aliphatic heterocycles. The van der Waals surface area contributed by atoms with Gasteiger partial charge in [-0.3, -0.25) is 4.21 Å². The Hall–Kier alpha value is -2.15. The van der Waals surface area contributed by atoms with Crippen molar-refractivity contribution in [1.29, 1.82) is 0 Å². The Bertz CT molecular complexity index is 593. The molecular weight excluding hydrogens is 258 g/mol. The number of benzene rings is 1. The predicted molar refractivity (Wildman–Crippen MR) is 63.6 cm³/mol. The molecule has 2 rings (SSSR count). The van der Waals surface area contributed by atoms with E-state index in [0.717, 1.165) is 12.2 Å². The molecule has 94 valence electrons. The molecule has 1 atom stereocenters. The van der Waals surface area contributed by atoms with Gasteiger partial charge in [-0.15, -0.1) is 0 Å². The fourth-order valence-corrected chi connectivity index (χ4v) is 2.25. The number of ether oxygens (including phenoxy) is 2. The number of hydrogen-bond donors (Lipinski definition) is 1. The van der Waals surface area contributed by atoms with Gasteiger partial charge in [0.25, 0.3) is 0 Å². The first-order valence-corrected chi connectivity index (χ1v) is 6.42. The zero-order valence-electron chi connectivity index (χ0n) is 9.34. The minimum absolute atomic E-state index is 0.0112. The number of anilines is 1. The minimum atomic E-state index is -1.49. The van der Waals surface area contributed by atoms with Crippen molar-refractivity contribution in [3.05, 3.63) is 24.3 Å². The van der Waals surface area contributed by atoms with Gasteiger partial charge in [-0.05, 0) is 12.1 Å². The highest BCUT2D eigenvalue weighted by Gasteiger charge is 2.22. The molecule has 2 N–H and O–H groups in total. The Labute approximate surface area is 105 Å². The van der Waals surface area contributed by atoms with Crippen LogP contribution in [0.2, 0.25) is 0 Å². The number of nitrogen functional groups attached to an aromatic ring is 1. The van der Waals surface area contributed by atoms with Gasteiger partial charge in [-0.25, -0.2) is 9.59 Å². The van der Waals surface area contributed by atoms with E-state index in [2.05, 4.69) is 0 Å². The van der Waals surface area contributed by atoms with Crippen LogP contribution in [0.3, 0.4) is 0 Å². The third-order valence-electron chi connectivity index (χ3n) is 2.16. The Morgan fingerprint density at radius 1 is 1.11 bits per heavy atom. The van der Waals surface area contributed by atoms with Crippen LogP contribution in [0.4, 0.5) is 5.69 Å². The zero-order chi connectivity index (χ0) is 13.3. The molecule has 1 heterocycles. The Morgan fingerprint density at radius 3 is 2.33 bits per heavy atom. The molecule has 0 bridgehead atoms. The van der Waals surface area contributed by atoms with Crippen molar-refractivity contribution in [2.45, 2.75) is 4.90 Å². The minimum Gasteiger partial charge on any atom is -0.419 e. The highest BCUT2D eigenvalue weighted by molar-refractivity contribution is 7.84. The fraction of sp³-hybridized carbons (Fsp3) is 0.0909. The number of carbonyl (C=O) groups excluding carboxylic acids is 2. The van der Waals surface area contributed by atoms with Crippen LogP contribution in [0, 0.1) is 0 Å². The van der Waals surface area contributed by atoms with Crippen LogP contribution in [-0.4, -0.2) is 22.4 Å². The zero-order valence-corrected chi connectivity index (χ0v) is 10.2. The van der Waals surface area contributed by atoms with Gasteiger partial charge < -0.3 is 15.2 Å². The Kier molecular flexibility index (Phi) is 3.15. The normalized spacial score (nSPS) is 17.8. The van der Waals surface area contributed by atoms with Gasteiger partial charge in [0.15, 0.2) is 11.5 Å². The maximum atomic E-state index is 11.6. The maximum Gasteiger partial charge on any atom is 0.336 e. The van der Waals surface area contributed by atoms with E-state index in [1.807, 2.05) is 0 Å². The highest BCUT2D eigenvalue weighted by atomic mass is 32.2. The second-order valence-electron chi connectivity index (χ2n) is 3.44. The monoisotopic (exact) mass is 267 g/mol. The van der Waals surface area contributed by atoms with Gasteiger partial charge in [0, 0.05) is 18.4 Å². The van der Waals surface area contributed by atoms with E-state index in [0.29, 0.717) is 0 Å². The third kappa shape index (κ3) is 2.25. The van der Waals surface area contributed by atoms with Crippen LogP contribution in [-0.2, 0) is 20.4 Å². The lowest BCUT2D eigenvalue weighted by Crippen LogP contribution is -2.15. The van der Waals surface area contributed by atoms with Crippen LogP contribution in [0.5, 0.6) is 11.5 Å². The van der Waals surface area contributed by atoms with Gasteiger partial charge in [0.1, 0.15) is 4.90 Å². The molecule has 0 amide bonds. The summed E-state index contributed by atoms with van der Waals surface area (Å²) in [5, 5.41) is 0. The lowest BCUT2D eigenvalue weighted by molar-refractivity contribution is -0.133. The quantitative estimate of drug-likeness (QED) is 0.449. The van der Waals surface area contributed by atoms with Crippen molar-refractivity contribution in [1.82, 2.24) is 0 Å². The molecule has 1 aliphatic rings. The summed E-state index contributed by atoms with van der Waals surface area (Å²) in [5.41, 5.74) is 5.87. The summed E-state index contributed by atoms with van der Waals surface area (Å²) < 4.78 is 21.5. The molecule has 1 aromatic carbocycles. The summed E-state index contributed by atoms with van der Waals surface area (Å²) in [6, 6.07) is 2.81. The first-order chi connectivity index (χ1) is 8.49. The maximum absolute atomic E-state index is 11.6. The Balaban J connectivity index is 2.65. The average Bonchev–Trinajstić information content (AvgIpc) is 2.28. The van der Waals surface area contributed by atoms with E-state index in [1.165, 1.54) is 18.4 Å². The SMILES string of the molecule is CS(=O)c1c(N)ccc2c1OC(=O)/C=C/C(=O)O2. The average molecular weight is 267 g/mol. The number of nitrogens with two attached hydrogens (primary N) is 1. The van der Waals surface area contributed by atoms with Crippen LogP contribution in [0.25, 0.3) is 0 Å². The fourth-order valence-electron chi connectivity index (χ4n) is 1.45. The molecule has 6 nitrogen and oxygen atoms in total. The van der Waals surface area contributed by atoms with Crippen molar-refractivity contribution >= 4 is 28.4 Å². The van der Waals surface area contributed by atoms with Crippen molar-refractivity contribution in [2.75, 3.05) is 12.0 Å². The molecule has 18 heavy (non-hydrogen) atoms. The predicted octanol–water partition coefficient (Wildman–Crippen LogP) is 0.387. The highest BCUT2D eigenvalue weighted by Crippen LogP contribution is 2.38. The molecule has 1 unspecified atom stereocenters. The Morgan fingerprint density at radius 2 is 1.72 bits per heavy atom. The van der Waals surface area contributed by atoms with Gasteiger partial charge in [-0.2, -0.15) is 0 Å². The van der Waals surface area contributed by atoms with Crippen LogP contribution < -0.4 is 15.2 Å². The molecule has 0 fully saturated rings. The van der Waals surface area contributed by atoms with E-state index in [4.69, 9.17) is 15.2 Å². The summed E-state index contributed by atoms with van der Waals surface area (Å²) in [6.45, 7) is 0. The smallest absolute Gasteiger partial charge is 0.336 e.